The van der Waals surface area contributed by atoms with Crippen molar-refractivity contribution in [3.63, 3.8) is 0 Å². The molecule has 1 N–H and O–H groups in total. The number of aromatic nitrogens is 4. The topological polar surface area (TPSA) is 80.9 Å². The molecule has 0 unspecified atom stereocenters. The monoisotopic (exact) mass is 198 g/mol. The maximum atomic E-state index is 11.1. The highest BCUT2D eigenvalue weighted by Gasteiger charge is 2.14. The van der Waals surface area contributed by atoms with Gasteiger partial charge in [0.05, 0.1) is 6.20 Å². The van der Waals surface area contributed by atoms with Gasteiger partial charge in [-0.25, -0.2) is 9.97 Å². The van der Waals surface area contributed by atoms with Crippen LogP contribution in [0.4, 0.5) is 0 Å². The number of nitrogens with zero attached hydrogens (tertiary/aromatic N) is 4. The molecule has 0 spiro atoms. The molecule has 0 bridgehead atoms. The Morgan fingerprint density at radius 3 is 3.00 bits per heavy atom. The molecule has 0 aromatic heterocycles. The van der Waals surface area contributed by atoms with Crippen molar-refractivity contribution in [1.82, 2.24) is 19.7 Å². The molecule has 0 radical (unpaired) electrons. The molecule has 0 aliphatic carbocycles. The van der Waals surface area contributed by atoms with Crippen LogP contribution in [0.15, 0.2) is 17.3 Å². The lowest BCUT2D eigenvalue weighted by Crippen LogP contribution is -2.17. The second-order valence-electron chi connectivity index (χ2n) is 2.26. The van der Waals surface area contributed by atoms with Crippen molar-refractivity contribution < 1.29 is 5.21 Å². The maximum Gasteiger partial charge on any atom is 0.301 e. The summed E-state index contributed by atoms with van der Waals surface area (Å²) in [5.74, 6) is 0.0319. The third-order valence-electron chi connectivity index (χ3n) is 1.43. The van der Waals surface area contributed by atoms with E-state index in [0.717, 1.165) is 12.5 Å². The molecule has 6 nitrogen and oxygen atoms in total. The Balaban J connectivity index is 2.92. The predicted octanol–water partition coefficient (Wildman–Crippen LogP) is 0.0288. The summed E-state index contributed by atoms with van der Waals surface area (Å²) in [5.41, 5.74) is -0.632. The summed E-state index contributed by atoms with van der Waals surface area (Å²) in [5, 5.41) is 9.24. The second kappa shape index (κ2) is 2.67. The Labute approximate surface area is 76.8 Å². The van der Waals surface area contributed by atoms with Crippen LogP contribution in [0.2, 0.25) is 5.15 Å². The first kappa shape index (κ1) is 7.93. The highest BCUT2D eigenvalue weighted by Crippen LogP contribution is 2.13. The highest BCUT2D eigenvalue weighted by atomic mass is 35.5. The van der Waals surface area contributed by atoms with E-state index >= 15 is 0 Å². The van der Waals surface area contributed by atoms with E-state index in [0.29, 0.717) is 4.73 Å². The van der Waals surface area contributed by atoms with Crippen LogP contribution in [0.1, 0.15) is 0 Å². The number of halogens is 1. The van der Waals surface area contributed by atoms with Crippen molar-refractivity contribution in [2.45, 2.75) is 0 Å². The molecule has 2 heterocycles. The van der Waals surface area contributed by atoms with Crippen molar-refractivity contribution in [2.75, 3.05) is 0 Å². The number of hydrogen-bond donors (Lipinski definition) is 1. The zero-order valence-corrected chi connectivity index (χ0v) is 6.93. The average Bonchev–Trinajstić information content (AvgIpc) is 2.07. The number of hydrogen-bond acceptors (Lipinski definition) is 5. The van der Waals surface area contributed by atoms with Gasteiger partial charge in [-0.1, -0.05) is 11.6 Å². The molecule has 0 saturated heterocycles. The van der Waals surface area contributed by atoms with Crippen molar-refractivity contribution in [3.05, 3.63) is 28.0 Å². The molecular formula is C6H3ClN4O2. The first-order chi connectivity index (χ1) is 6.18. The number of rotatable bonds is 0. The minimum atomic E-state index is -0.574. The lowest BCUT2D eigenvalue weighted by molar-refractivity contribution is 0.185. The summed E-state index contributed by atoms with van der Waals surface area (Å²) in [4.78, 5) is 21.8. The number of fused-ring (bicyclic) bond motifs is 1. The van der Waals surface area contributed by atoms with E-state index in [1.165, 1.54) is 0 Å². The molecule has 0 aromatic rings. The fourth-order valence-corrected chi connectivity index (χ4v) is 1.09. The first-order valence-corrected chi connectivity index (χ1v) is 3.65. The third-order valence-corrected chi connectivity index (χ3v) is 1.62. The SMILES string of the molecule is O=c1ncnc2n(O)cc(Cl)nc1-2. The van der Waals surface area contributed by atoms with Gasteiger partial charge in [0.2, 0.25) is 5.82 Å². The zero-order chi connectivity index (χ0) is 9.42. The largest absolute Gasteiger partial charge is 0.427 e. The molecule has 66 valence electrons. The Bertz CT molecular complexity index is 483. The van der Waals surface area contributed by atoms with Gasteiger partial charge in [-0.15, -0.1) is 0 Å². The van der Waals surface area contributed by atoms with E-state index in [4.69, 9.17) is 11.6 Å². The third kappa shape index (κ3) is 1.20. The molecule has 0 amide bonds. The van der Waals surface area contributed by atoms with Crippen LogP contribution in [0.5, 0.6) is 0 Å². The summed E-state index contributed by atoms with van der Waals surface area (Å²) in [6.07, 6.45) is 2.18. The molecule has 0 saturated carbocycles. The van der Waals surface area contributed by atoms with Crippen LogP contribution in [0.3, 0.4) is 0 Å². The van der Waals surface area contributed by atoms with Gasteiger partial charge in [-0.2, -0.15) is 9.71 Å². The fraction of sp³-hybridized carbons (Fsp3) is 0. The zero-order valence-electron chi connectivity index (χ0n) is 6.18. The van der Waals surface area contributed by atoms with Gasteiger partial charge in [-0.3, -0.25) is 4.79 Å². The predicted molar refractivity (Wildman–Crippen MR) is 42.9 cm³/mol. The summed E-state index contributed by atoms with van der Waals surface area (Å²) >= 11 is 5.51. The van der Waals surface area contributed by atoms with Crippen LogP contribution in [-0.2, 0) is 0 Å². The van der Waals surface area contributed by atoms with Crippen molar-refractivity contribution in [3.8, 4) is 11.5 Å². The quantitative estimate of drug-likeness (QED) is 0.604. The fourth-order valence-electron chi connectivity index (χ4n) is 0.917. The smallest absolute Gasteiger partial charge is 0.301 e. The Morgan fingerprint density at radius 1 is 1.46 bits per heavy atom. The highest BCUT2D eigenvalue weighted by molar-refractivity contribution is 6.29. The average molecular weight is 199 g/mol. The normalized spacial score (nSPS) is 10.5. The summed E-state index contributed by atoms with van der Waals surface area (Å²) < 4.78 is 0.633. The van der Waals surface area contributed by atoms with Gasteiger partial charge >= 0.3 is 5.56 Å². The van der Waals surface area contributed by atoms with E-state index in [1.54, 1.807) is 0 Å². The van der Waals surface area contributed by atoms with Crippen molar-refractivity contribution in [2.24, 2.45) is 0 Å². The van der Waals surface area contributed by atoms with Gasteiger partial charge in [0.25, 0.3) is 0 Å². The Hall–Kier alpha value is -1.69. The Morgan fingerprint density at radius 2 is 2.23 bits per heavy atom. The molecule has 13 heavy (non-hydrogen) atoms. The van der Waals surface area contributed by atoms with Gasteiger partial charge in [0.15, 0.2) is 5.69 Å². The van der Waals surface area contributed by atoms with Crippen LogP contribution in [0.25, 0.3) is 11.5 Å². The molecule has 0 aromatic carbocycles. The lowest BCUT2D eigenvalue weighted by atomic mass is 10.4. The maximum absolute atomic E-state index is 11.1. The van der Waals surface area contributed by atoms with Crippen LogP contribution in [0, 0.1) is 0 Å². The van der Waals surface area contributed by atoms with Gasteiger partial charge < -0.3 is 5.21 Å². The van der Waals surface area contributed by atoms with Crippen molar-refractivity contribution >= 4 is 11.6 Å². The minimum absolute atomic E-state index is 0.00176. The van der Waals surface area contributed by atoms with Gasteiger partial charge in [0, 0.05) is 0 Å². The van der Waals surface area contributed by atoms with E-state index in [2.05, 4.69) is 15.0 Å². The molecule has 2 rings (SSSR count). The minimum Gasteiger partial charge on any atom is -0.427 e. The van der Waals surface area contributed by atoms with Crippen molar-refractivity contribution in [1.29, 1.82) is 0 Å². The van der Waals surface area contributed by atoms with Crippen LogP contribution >= 0.6 is 11.6 Å². The summed E-state index contributed by atoms with van der Waals surface area (Å²) in [6, 6.07) is 0. The molecule has 0 atom stereocenters. The first-order valence-electron chi connectivity index (χ1n) is 3.27. The summed E-state index contributed by atoms with van der Waals surface area (Å²) in [6.45, 7) is 0. The van der Waals surface area contributed by atoms with E-state index < -0.39 is 5.56 Å². The standard InChI is InChI=1S/C6H3ClN4O2/c7-3-1-11(13)5-4(10-3)6(12)9-2-8-5/h1-2,13H. The molecule has 0 fully saturated rings. The Kier molecular flexibility index (Phi) is 1.63. The van der Waals surface area contributed by atoms with E-state index in [1.807, 2.05) is 0 Å². The van der Waals surface area contributed by atoms with Crippen LogP contribution < -0.4 is 5.56 Å². The molecule has 2 aliphatic heterocycles. The van der Waals surface area contributed by atoms with E-state index in [-0.39, 0.29) is 16.7 Å². The molecule has 7 heteroatoms. The van der Waals surface area contributed by atoms with E-state index in [9.17, 15) is 10.0 Å². The van der Waals surface area contributed by atoms with Crippen LogP contribution in [-0.4, -0.2) is 24.9 Å². The molecular weight excluding hydrogens is 196 g/mol. The summed E-state index contributed by atoms with van der Waals surface area (Å²) in [7, 11) is 0. The van der Waals surface area contributed by atoms with Gasteiger partial charge in [0.1, 0.15) is 11.5 Å². The second-order valence-corrected chi connectivity index (χ2v) is 2.65. The molecule has 2 aliphatic rings. The van der Waals surface area contributed by atoms with Gasteiger partial charge in [-0.05, 0) is 0 Å². The lowest BCUT2D eigenvalue weighted by Gasteiger charge is -2.05.